The van der Waals surface area contributed by atoms with Gasteiger partial charge >= 0.3 is 0 Å². The molecule has 1 heterocycles. The van der Waals surface area contributed by atoms with Crippen molar-refractivity contribution in [3.05, 3.63) is 71.0 Å². The van der Waals surface area contributed by atoms with Crippen molar-refractivity contribution in [3.8, 4) is 11.5 Å². The highest BCUT2D eigenvalue weighted by molar-refractivity contribution is 5.96. The van der Waals surface area contributed by atoms with Gasteiger partial charge in [0, 0.05) is 29.4 Å². The number of rotatable bonds is 5. The van der Waals surface area contributed by atoms with Crippen LogP contribution in [0.1, 0.15) is 29.5 Å². The number of ketones is 1. The number of likely N-dealkylation sites (N-methyl/N-ethyl adjacent to an activating group) is 1. The van der Waals surface area contributed by atoms with Gasteiger partial charge in [0.05, 0.1) is 14.2 Å². The fraction of sp³-hybridized carbons (Fsp3) is 0.423. The number of benzene rings is 2. The lowest BCUT2D eigenvalue weighted by Gasteiger charge is -2.56. The highest BCUT2D eigenvalue weighted by atomic mass is 16.5. The third kappa shape index (κ3) is 3.14. The Bertz CT molecular complexity index is 1030. The van der Waals surface area contributed by atoms with Crippen LogP contribution in [0.3, 0.4) is 0 Å². The predicted octanol–water partition coefficient (Wildman–Crippen LogP) is 3.89. The topological polar surface area (TPSA) is 48.0 Å². The van der Waals surface area contributed by atoms with Crippen LogP contribution in [0.2, 0.25) is 0 Å². The number of carbonyl (C=O) groups excluding carboxylic acids is 1. The molecule has 31 heavy (non-hydrogen) atoms. The van der Waals surface area contributed by atoms with Crippen LogP contribution in [0.4, 0.5) is 0 Å². The van der Waals surface area contributed by atoms with Gasteiger partial charge in [-0.25, -0.2) is 0 Å². The first-order valence-corrected chi connectivity index (χ1v) is 10.9. The second kappa shape index (κ2) is 7.72. The van der Waals surface area contributed by atoms with Gasteiger partial charge in [-0.2, -0.15) is 0 Å². The minimum Gasteiger partial charge on any atom is -0.493 e. The summed E-state index contributed by atoms with van der Waals surface area (Å²) < 4.78 is 17.7. The van der Waals surface area contributed by atoms with E-state index in [-0.39, 0.29) is 17.1 Å². The molecule has 3 aliphatic rings. The molecule has 5 rings (SSSR count). The van der Waals surface area contributed by atoms with Crippen LogP contribution in [0.5, 0.6) is 11.5 Å². The molecule has 2 aromatic rings. The fourth-order valence-electron chi connectivity index (χ4n) is 5.88. The molecule has 1 aliphatic heterocycles. The summed E-state index contributed by atoms with van der Waals surface area (Å²) in [5, 5.41) is 0. The number of hydrogen-bond acceptors (Lipinski definition) is 5. The summed E-state index contributed by atoms with van der Waals surface area (Å²) in [4.78, 5) is 15.5. The molecule has 5 heteroatoms. The molecule has 1 saturated heterocycles. The van der Waals surface area contributed by atoms with Crippen molar-refractivity contribution >= 4 is 5.78 Å². The van der Waals surface area contributed by atoms with Crippen molar-refractivity contribution in [2.45, 2.75) is 37.3 Å². The van der Waals surface area contributed by atoms with Crippen molar-refractivity contribution in [1.29, 1.82) is 0 Å². The summed E-state index contributed by atoms with van der Waals surface area (Å²) >= 11 is 0. The van der Waals surface area contributed by atoms with E-state index in [1.807, 2.05) is 24.3 Å². The summed E-state index contributed by atoms with van der Waals surface area (Å²) in [6.07, 6.45) is 4.36. The highest BCUT2D eigenvalue weighted by Crippen LogP contribution is 2.58. The predicted molar refractivity (Wildman–Crippen MR) is 118 cm³/mol. The van der Waals surface area contributed by atoms with Crippen molar-refractivity contribution in [3.63, 3.8) is 0 Å². The minimum absolute atomic E-state index is 0.0757. The van der Waals surface area contributed by atoms with Gasteiger partial charge in [-0.05, 0) is 49.7 Å². The van der Waals surface area contributed by atoms with Gasteiger partial charge < -0.3 is 19.1 Å². The van der Waals surface area contributed by atoms with E-state index in [4.69, 9.17) is 14.2 Å². The first kappa shape index (κ1) is 20.1. The Kier molecular flexibility index (Phi) is 5.01. The molecular weight excluding hydrogens is 390 g/mol. The van der Waals surface area contributed by atoms with E-state index in [0.717, 1.165) is 42.0 Å². The van der Waals surface area contributed by atoms with E-state index in [0.29, 0.717) is 24.8 Å². The smallest absolute Gasteiger partial charge is 0.197 e. The average molecular weight is 420 g/mol. The van der Waals surface area contributed by atoms with Gasteiger partial charge in [-0.3, -0.25) is 4.79 Å². The second-order valence-electron chi connectivity index (χ2n) is 8.92. The molecular formula is C26H29NO4. The van der Waals surface area contributed by atoms with Crippen molar-refractivity contribution in [2.24, 2.45) is 5.92 Å². The van der Waals surface area contributed by atoms with Crippen LogP contribution in [-0.2, 0) is 28.0 Å². The lowest BCUT2D eigenvalue weighted by molar-refractivity contribution is -0.122. The Morgan fingerprint density at radius 2 is 1.90 bits per heavy atom. The molecule has 0 unspecified atom stereocenters. The summed E-state index contributed by atoms with van der Waals surface area (Å²) in [5.41, 5.74) is 3.25. The molecule has 2 aromatic carbocycles. The summed E-state index contributed by atoms with van der Waals surface area (Å²) in [7, 11) is 5.46. The third-order valence-corrected chi connectivity index (χ3v) is 7.41. The summed E-state index contributed by atoms with van der Waals surface area (Å²) in [6, 6.07) is 14.7. The molecule has 5 nitrogen and oxygen atoms in total. The molecule has 0 radical (unpaired) electrons. The lowest BCUT2D eigenvalue weighted by Crippen LogP contribution is -2.60. The number of carbonyl (C=O) groups is 1. The van der Waals surface area contributed by atoms with Gasteiger partial charge in [0.1, 0.15) is 6.61 Å². The van der Waals surface area contributed by atoms with Crippen molar-refractivity contribution in [2.75, 3.05) is 27.8 Å². The molecule has 162 valence electrons. The Labute approximate surface area is 183 Å². The van der Waals surface area contributed by atoms with Gasteiger partial charge in [0.25, 0.3) is 0 Å². The number of allylic oxidation sites excluding steroid dienone is 1. The Balaban J connectivity index is 1.65. The summed E-state index contributed by atoms with van der Waals surface area (Å²) in [5.74, 6) is 2.30. The number of nitrogens with zero attached hydrogens (tertiary/aromatic N) is 1. The van der Waals surface area contributed by atoms with E-state index in [9.17, 15) is 4.79 Å². The quantitative estimate of drug-likeness (QED) is 0.736. The number of methoxy groups -OCH3 is 2. The first-order valence-electron chi connectivity index (χ1n) is 10.9. The minimum atomic E-state index is -0.287. The van der Waals surface area contributed by atoms with E-state index in [1.165, 1.54) is 5.56 Å². The first-order chi connectivity index (χ1) is 15.1. The number of fused-ring (bicyclic) bond motifs is 1. The fourth-order valence-corrected chi connectivity index (χ4v) is 5.88. The monoisotopic (exact) mass is 419 g/mol. The van der Waals surface area contributed by atoms with Gasteiger partial charge in [0.2, 0.25) is 0 Å². The van der Waals surface area contributed by atoms with Crippen molar-refractivity contribution in [1.82, 2.24) is 4.90 Å². The maximum absolute atomic E-state index is 13.0. The maximum atomic E-state index is 13.0. The van der Waals surface area contributed by atoms with Gasteiger partial charge in [-0.1, -0.05) is 36.4 Å². The second-order valence-corrected chi connectivity index (χ2v) is 8.92. The van der Waals surface area contributed by atoms with Gasteiger partial charge in [-0.15, -0.1) is 0 Å². The zero-order valence-corrected chi connectivity index (χ0v) is 18.4. The lowest BCUT2D eigenvalue weighted by atomic mass is 9.53. The number of hydrogen-bond donors (Lipinski definition) is 0. The molecule has 1 fully saturated rings. The molecule has 0 saturated carbocycles. The third-order valence-electron chi connectivity index (χ3n) is 7.41. The molecule has 2 bridgehead atoms. The molecule has 0 amide bonds. The maximum Gasteiger partial charge on any atom is 0.197 e. The van der Waals surface area contributed by atoms with Crippen LogP contribution in [0, 0.1) is 5.92 Å². The number of Topliss-reactive ketones (excluding diaryl/α,β-unsaturated/α-hetero) is 1. The standard InChI is InChI=1S/C26H29NO4/c1-27-12-11-26-15-21(28)23(30-3)14-19(26)20(27)13-18-9-10-22(29-2)25(24(18)26)31-16-17-7-5-4-6-8-17/h4-10,14,19-20H,11-13,15-16H2,1-3H3/t19-,20+,26-/m0/s1. The molecule has 0 aromatic heterocycles. The SMILES string of the molecule is COC1=C[C@H]2[C@H]3Cc4ccc(OC)c(OCc5ccccc5)c4[C@@]2(CCN3C)CC1=O. The molecule has 3 atom stereocenters. The van der Waals surface area contributed by atoms with Crippen molar-refractivity contribution < 1.29 is 19.0 Å². The van der Waals surface area contributed by atoms with Crippen LogP contribution >= 0.6 is 0 Å². The summed E-state index contributed by atoms with van der Waals surface area (Å²) in [6.45, 7) is 1.42. The number of piperidine rings is 1. The molecule has 2 aliphatic carbocycles. The average Bonchev–Trinajstić information content (AvgIpc) is 2.79. The Morgan fingerprint density at radius 1 is 1.10 bits per heavy atom. The normalized spacial score (nSPS) is 27.1. The number of likely N-dealkylation sites (tertiary alicyclic amines) is 1. The van der Waals surface area contributed by atoms with E-state index >= 15 is 0 Å². The highest BCUT2D eigenvalue weighted by Gasteiger charge is 2.56. The van der Waals surface area contributed by atoms with Crippen LogP contribution < -0.4 is 9.47 Å². The molecule has 0 N–H and O–H groups in total. The van der Waals surface area contributed by atoms with Crippen LogP contribution in [-0.4, -0.2) is 44.5 Å². The molecule has 0 spiro atoms. The zero-order valence-electron chi connectivity index (χ0n) is 18.4. The van der Waals surface area contributed by atoms with Crippen LogP contribution in [0.25, 0.3) is 0 Å². The Morgan fingerprint density at radius 3 is 2.65 bits per heavy atom. The van der Waals surface area contributed by atoms with Gasteiger partial charge in [0.15, 0.2) is 23.0 Å². The van der Waals surface area contributed by atoms with E-state index < -0.39 is 0 Å². The Hall–Kier alpha value is -2.79. The van der Waals surface area contributed by atoms with E-state index in [1.54, 1.807) is 14.2 Å². The largest absolute Gasteiger partial charge is 0.493 e. The van der Waals surface area contributed by atoms with E-state index in [2.05, 4.69) is 36.2 Å². The van der Waals surface area contributed by atoms with Crippen LogP contribution in [0.15, 0.2) is 54.3 Å². The zero-order chi connectivity index (χ0) is 21.6. The number of ether oxygens (including phenoxy) is 3.